The number of thiazole rings is 1. The second-order valence-corrected chi connectivity index (χ2v) is 8.97. The van der Waals surface area contributed by atoms with Gasteiger partial charge in [0.05, 0.1) is 16.3 Å². The van der Waals surface area contributed by atoms with Crippen LogP contribution in [-0.4, -0.2) is 68.3 Å². The highest BCUT2D eigenvalue weighted by Crippen LogP contribution is 2.28. The Hall–Kier alpha value is -2.44. The van der Waals surface area contributed by atoms with Gasteiger partial charge in [0.25, 0.3) is 0 Å². The number of aliphatic hydroxyl groups excluding tert-OH is 3. The van der Waals surface area contributed by atoms with Crippen LogP contribution in [0.5, 0.6) is 0 Å². The van der Waals surface area contributed by atoms with E-state index in [2.05, 4.69) is 15.3 Å². The second-order valence-electron chi connectivity index (χ2n) is 7.94. The number of fused-ring (bicyclic) bond motifs is 1. The maximum Gasteiger partial charge on any atom is 0.186 e. The molecule has 1 aliphatic heterocycles. The van der Waals surface area contributed by atoms with Crippen LogP contribution in [0.2, 0.25) is 0 Å². The van der Waals surface area contributed by atoms with Crippen molar-refractivity contribution in [3.8, 4) is 0 Å². The van der Waals surface area contributed by atoms with E-state index >= 15 is 0 Å². The molecule has 4 atom stereocenters. The molecule has 8 nitrogen and oxygen atoms in total. The monoisotopic (exact) mass is 465 g/mol. The van der Waals surface area contributed by atoms with Crippen molar-refractivity contribution in [2.45, 2.75) is 38.4 Å². The van der Waals surface area contributed by atoms with Crippen molar-refractivity contribution in [2.75, 3.05) is 29.9 Å². The molecule has 1 unspecified atom stereocenters. The van der Waals surface area contributed by atoms with Gasteiger partial charge in [-0.2, -0.15) is 0 Å². The lowest BCUT2D eigenvalue weighted by atomic mass is 10.1. The molecular formula is C21H25F2N5O3S. The molecular weight excluding hydrogens is 440 g/mol. The Labute approximate surface area is 187 Å². The van der Waals surface area contributed by atoms with Crippen LogP contribution in [0.4, 0.5) is 19.7 Å². The molecule has 0 aliphatic carbocycles. The van der Waals surface area contributed by atoms with Crippen molar-refractivity contribution in [3.05, 3.63) is 47.7 Å². The molecule has 0 amide bonds. The SMILES string of the molecule is C[C@H](O)[C@@H](O)c1cnc(N2CCN(C(O)Nc3nc4ccc(F)cc4s3)[C@@H](C)C2)c(F)c1. The average molecular weight is 466 g/mol. The van der Waals surface area contributed by atoms with Gasteiger partial charge in [0, 0.05) is 37.4 Å². The first-order valence-electron chi connectivity index (χ1n) is 10.3. The first-order chi connectivity index (χ1) is 15.2. The molecule has 4 rings (SSSR count). The number of piperazine rings is 1. The summed E-state index contributed by atoms with van der Waals surface area (Å²) in [5, 5.41) is 33.5. The van der Waals surface area contributed by atoms with Gasteiger partial charge >= 0.3 is 0 Å². The lowest BCUT2D eigenvalue weighted by Gasteiger charge is -2.42. The zero-order valence-corrected chi connectivity index (χ0v) is 18.4. The molecule has 3 aromatic rings. The number of hydrogen-bond acceptors (Lipinski definition) is 9. The molecule has 11 heteroatoms. The van der Waals surface area contributed by atoms with E-state index < -0.39 is 24.4 Å². The van der Waals surface area contributed by atoms with Crippen LogP contribution in [-0.2, 0) is 0 Å². The lowest BCUT2D eigenvalue weighted by Crippen LogP contribution is -2.57. The topological polar surface area (TPSA) is 105 Å². The minimum atomic E-state index is -1.21. The zero-order valence-electron chi connectivity index (χ0n) is 17.6. The summed E-state index contributed by atoms with van der Waals surface area (Å²) >= 11 is 1.25. The predicted octanol–water partition coefficient (Wildman–Crippen LogP) is 2.28. The van der Waals surface area contributed by atoms with E-state index in [4.69, 9.17) is 0 Å². The summed E-state index contributed by atoms with van der Waals surface area (Å²) < 4.78 is 28.7. The van der Waals surface area contributed by atoms with Gasteiger partial charge in [-0.1, -0.05) is 11.3 Å². The maximum atomic E-state index is 14.7. The van der Waals surface area contributed by atoms with Gasteiger partial charge in [0.1, 0.15) is 11.9 Å². The van der Waals surface area contributed by atoms with Gasteiger partial charge in [0.2, 0.25) is 0 Å². The van der Waals surface area contributed by atoms with E-state index in [1.165, 1.54) is 42.7 Å². The van der Waals surface area contributed by atoms with Crippen molar-refractivity contribution >= 4 is 32.5 Å². The van der Waals surface area contributed by atoms with Gasteiger partial charge in [-0.15, -0.1) is 0 Å². The summed E-state index contributed by atoms with van der Waals surface area (Å²) in [6.07, 6.45) is -1.89. The Balaban J connectivity index is 1.41. The summed E-state index contributed by atoms with van der Waals surface area (Å²) in [5.74, 6) is -0.760. The molecule has 2 aromatic heterocycles. The van der Waals surface area contributed by atoms with Crippen LogP contribution >= 0.6 is 11.3 Å². The van der Waals surface area contributed by atoms with Crippen LogP contribution in [0.3, 0.4) is 0 Å². The van der Waals surface area contributed by atoms with E-state index in [1.807, 2.05) is 11.8 Å². The molecule has 32 heavy (non-hydrogen) atoms. The second kappa shape index (κ2) is 9.20. The first-order valence-corrected chi connectivity index (χ1v) is 11.1. The van der Waals surface area contributed by atoms with E-state index in [9.17, 15) is 24.1 Å². The van der Waals surface area contributed by atoms with Crippen LogP contribution in [0.25, 0.3) is 10.2 Å². The summed E-state index contributed by atoms with van der Waals surface area (Å²) in [5.41, 5.74) is 0.859. The molecule has 0 bridgehead atoms. The van der Waals surface area contributed by atoms with Crippen molar-refractivity contribution in [1.29, 1.82) is 0 Å². The summed E-state index contributed by atoms with van der Waals surface area (Å²) in [6.45, 7) is 4.62. The van der Waals surface area contributed by atoms with Crippen molar-refractivity contribution < 1.29 is 24.1 Å². The molecule has 172 valence electrons. The van der Waals surface area contributed by atoms with E-state index in [-0.39, 0.29) is 23.2 Å². The largest absolute Gasteiger partial charge is 0.390 e. The fourth-order valence-electron chi connectivity index (χ4n) is 3.80. The number of pyridine rings is 1. The molecule has 1 aliphatic rings. The van der Waals surface area contributed by atoms with Crippen LogP contribution < -0.4 is 10.2 Å². The maximum absolute atomic E-state index is 14.7. The molecule has 0 saturated carbocycles. The number of aliphatic hydroxyl groups is 3. The Morgan fingerprint density at radius 2 is 1.97 bits per heavy atom. The highest BCUT2D eigenvalue weighted by atomic mass is 32.1. The number of benzene rings is 1. The van der Waals surface area contributed by atoms with E-state index in [1.54, 1.807) is 11.0 Å². The Bertz CT molecular complexity index is 1100. The number of hydrogen-bond donors (Lipinski definition) is 4. The van der Waals surface area contributed by atoms with Gasteiger partial charge in [0.15, 0.2) is 23.1 Å². The summed E-state index contributed by atoms with van der Waals surface area (Å²) in [4.78, 5) is 12.1. The molecule has 0 radical (unpaired) electrons. The predicted molar refractivity (Wildman–Crippen MR) is 118 cm³/mol. The minimum absolute atomic E-state index is 0.137. The molecule has 4 N–H and O–H groups in total. The van der Waals surface area contributed by atoms with Gasteiger partial charge < -0.3 is 25.5 Å². The van der Waals surface area contributed by atoms with Crippen LogP contribution in [0.15, 0.2) is 30.5 Å². The number of aromatic nitrogens is 2. The number of halogens is 2. The van der Waals surface area contributed by atoms with Crippen molar-refractivity contribution in [2.24, 2.45) is 0 Å². The molecule has 0 spiro atoms. The smallest absolute Gasteiger partial charge is 0.186 e. The fourth-order valence-corrected chi connectivity index (χ4v) is 4.71. The quantitative estimate of drug-likeness (QED) is 0.411. The van der Waals surface area contributed by atoms with Crippen molar-refractivity contribution in [3.63, 3.8) is 0 Å². The Kier molecular flexibility index (Phi) is 6.54. The number of anilines is 2. The first kappa shape index (κ1) is 22.7. The van der Waals surface area contributed by atoms with Crippen molar-refractivity contribution in [1.82, 2.24) is 14.9 Å². The molecule has 3 heterocycles. The van der Waals surface area contributed by atoms with Gasteiger partial charge in [-0.25, -0.2) is 18.7 Å². The fraction of sp³-hybridized carbons (Fsp3) is 0.429. The third kappa shape index (κ3) is 4.66. The molecule has 1 fully saturated rings. The number of rotatable bonds is 6. The number of nitrogens with zero attached hydrogens (tertiary/aromatic N) is 4. The van der Waals surface area contributed by atoms with E-state index in [0.29, 0.717) is 35.0 Å². The highest BCUT2D eigenvalue weighted by molar-refractivity contribution is 7.22. The number of nitrogens with one attached hydrogen (secondary N) is 1. The third-order valence-electron chi connectivity index (χ3n) is 5.54. The van der Waals surface area contributed by atoms with Gasteiger partial charge in [-0.3, -0.25) is 4.90 Å². The van der Waals surface area contributed by atoms with Gasteiger partial charge in [-0.05, 0) is 38.1 Å². The van der Waals surface area contributed by atoms with E-state index in [0.717, 1.165) is 0 Å². The Morgan fingerprint density at radius 3 is 2.66 bits per heavy atom. The normalized spacial score (nSPS) is 20.3. The summed E-state index contributed by atoms with van der Waals surface area (Å²) in [7, 11) is 0. The zero-order chi connectivity index (χ0) is 23.0. The van der Waals surface area contributed by atoms with Crippen LogP contribution in [0, 0.1) is 11.6 Å². The minimum Gasteiger partial charge on any atom is -0.390 e. The Morgan fingerprint density at radius 1 is 1.19 bits per heavy atom. The molecule has 1 aromatic carbocycles. The highest BCUT2D eigenvalue weighted by Gasteiger charge is 2.31. The standard InChI is InChI=1S/C21H25F2N5O3S/c1-11-10-27(19-15(23)7-13(9-24-19)18(30)12(2)29)5-6-28(11)21(31)26-20-25-16-4-3-14(22)8-17(16)32-20/h3-4,7-9,11-12,18,21,29-31H,5-6,10H2,1-2H3,(H,25,26)/t11-,12-,18+,21?/m0/s1. The average Bonchev–Trinajstić information content (AvgIpc) is 3.14. The molecule has 1 saturated heterocycles. The summed E-state index contributed by atoms with van der Waals surface area (Å²) in [6, 6.07) is 5.38. The third-order valence-corrected chi connectivity index (χ3v) is 6.49. The lowest BCUT2D eigenvalue weighted by molar-refractivity contribution is -0.00548. The van der Waals surface area contributed by atoms with Crippen LogP contribution in [0.1, 0.15) is 25.5 Å².